The van der Waals surface area contributed by atoms with Crippen molar-refractivity contribution in [2.45, 2.75) is 57.7 Å². The van der Waals surface area contributed by atoms with Crippen LogP contribution in [0.4, 0.5) is 0 Å². The van der Waals surface area contributed by atoms with Crippen molar-refractivity contribution >= 4 is 10.0 Å². The van der Waals surface area contributed by atoms with Crippen molar-refractivity contribution in [2.24, 2.45) is 17.8 Å². The number of sulfonamides is 1. The van der Waals surface area contributed by atoms with Gasteiger partial charge in [0, 0.05) is 6.04 Å². The third kappa shape index (κ3) is 1.90. The zero-order chi connectivity index (χ0) is 12.1. The third-order valence-corrected chi connectivity index (χ3v) is 6.48. The molecule has 2 fully saturated rings. The van der Waals surface area contributed by atoms with Crippen LogP contribution in [0.25, 0.3) is 0 Å². The first-order valence-corrected chi connectivity index (χ1v) is 7.78. The first kappa shape index (κ1) is 12.4. The summed E-state index contributed by atoms with van der Waals surface area (Å²) in [5.41, 5.74) is 0. The molecule has 0 aromatic heterocycles. The fourth-order valence-corrected chi connectivity index (χ4v) is 4.16. The molecule has 94 valence electrons. The second kappa shape index (κ2) is 3.70. The van der Waals surface area contributed by atoms with Crippen molar-refractivity contribution in [1.29, 1.82) is 0 Å². The Kier molecular flexibility index (Phi) is 2.86. The van der Waals surface area contributed by atoms with Gasteiger partial charge in [-0.25, -0.2) is 13.1 Å². The van der Waals surface area contributed by atoms with E-state index in [1.54, 1.807) is 20.8 Å². The molecule has 0 aromatic rings. The lowest BCUT2D eigenvalue weighted by Gasteiger charge is -2.24. The predicted octanol–water partition coefficient (Wildman–Crippen LogP) is 2.14. The van der Waals surface area contributed by atoms with E-state index in [9.17, 15) is 8.42 Å². The van der Waals surface area contributed by atoms with Gasteiger partial charge in [0.1, 0.15) is 0 Å². The van der Waals surface area contributed by atoms with Crippen LogP contribution in [0.3, 0.4) is 0 Å². The highest BCUT2D eigenvalue weighted by Gasteiger charge is 2.57. The van der Waals surface area contributed by atoms with E-state index in [2.05, 4.69) is 11.6 Å². The van der Waals surface area contributed by atoms with Crippen molar-refractivity contribution in [3.63, 3.8) is 0 Å². The van der Waals surface area contributed by atoms with E-state index in [4.69, 9.17) is 0 Å². The maximum Gasteiger partial charge on any atom is 0.216 e. The van der Waals surface area contributed by atoms with E-state index >= 15 is 0 Å². The van der Waals surface area contributed by atoms with Crippen molar-refractivity contribution in [3.8, 4) is 0 Å². The fraction of sp³-hybridized carbons (Fsp3) is 1.00. The minimum Gasteiger partial charge on any atom is -0.212 e. The van der Waals surface area contributed by atoms with Gasteiger partial charge in [0.25, 0.3) is 0 Å². The normalized spacial score (nSPS) is 38.5. The minimum absolute atomic E-state index is 0.208. The molecule has 0 aromatic carbocycles. The van der Waals surface area contributed by atoms with Crippen LogP contribution in [0.5, 0.6) is 0 Å². The maximum atomic E-state index is 12.1. The number of hydrogen-bond acceptors (Lipinski definition) is 2. The molecule has 1 N–H and O–H groups in total. The monoisotopic (exact) mass is 245 g/mol. The summed E-state index contributed by atoms with van der Waals surface area (Å²) < 4.78 is 26.3. The Morgan fingerprint density at radius 2 is 1.88 bits per heavy atom. The highest BCUT2D eigenvalue weighted by molar-refractivity contribution is 7.90. The molecule has 0 unspecified atom stereocenters. The number of rotatable bonds is 3. The molecule has 0 amide bonds. The Morgan fingerprint density at radius 1 is 1.25 bits per heavy atom. The summed E-state index contributed by atoms with van der Waals surface area (Å²) in [6.45, 7) is 7.47. The highest BCUT2D eigenvalue weighted by Crippen LogP contribution is 2.59. The quantitative estimate of drug-likeness (QED) is 0.828. The van der Waals surface area contributed by atoms with E-state index in [1.807, 2.05) is 0 Å². The van der Waals surface area contributed by atoms with E-state index in [-0.39, 0.29) is 6.04 Å². The molecule has 2 rings (SSSR count). The predicted molar refractivity (Wildman–Crippen MR) is 65.6 cm³/mol. The minimum atomic E-state index is -3.17. The lowest BCUT2D eigenvalue weighted by atomic mass is 10.1. The largest absolute Gasteiger partial charge is 0.216 e. The average Bonchev–Trinajstić information content (AvgIpc) is 2.71. The van der Waals surface area contributed by atoms with Crippen LogP contribution in [0.2, 0.25) is 0 Å². The van der Waals surface area contributed by atoms with Crippen LogP contribution in [0.1, 0.15) is 47.0 Å². The Hall–Kier alpha value is -0.0900. The summed E-state index contributed by atoms with van der Waals surface area (Å²) in [5.74, 6) is 2.21. The first-order valence-electron chi connectivity index (χ1n) is 6.30. The van der Waals surface area contributed by atoms with Gasteiger partial charge in [0.05, 0.1) is 4.75 Å². The van der Waals surface area contributed by atoms with Crippen LogP contribution in [-0.4, -0.2) is 19.2 Å². The molecule has 4 atom stereocenters. The molecular weight excluding hydrogens is 222 g/mol. The van der Waals surface area contributed by atoms with E-state index < -0.39 is 14.8 Å². The SMILES string of the molecule is CC[C@H]1[C@@H]2CC[C@@H](NS(=O)(=O)C(C)(C)C)[C@H]12. The zero-order valence-corrected chi connectivity index (χ0v) is 11.5. The van der Waals surface area contributed by atoms with Gasteiger partial charge in [-0.3, -0.25) is 0 Å². The lowest BCUT2D eigenvalue weighted by molar-refractivity contribution is 0.466. The molecule has 0 radical (unpaired) electrons. The molecule has 0 bridgehead atoms. The van der Waals surface area contributed by atoms with Crippen LogP contribution in [0, 0.1) is 17.8 Å². The van der Waals surface area contributed by atoms with Crippen molar-refractivity contribution < 1.29 is 8.42 Å². The second-order valence-corrected chi connectivity index (χ2v) is 8.70. The highest BCUT2D eigenvalue weighted by atomic mass is 32.2. The fourth-order valence-electron chi connectivity index (χ4n) is 3.13. The van der Waals surface area contributed by atoms with Crippen molar-refractivity contribution in [1.82, 2.24) is 4.72 Å². The number of nitrogens with one attached hydrogen (secondary N) is 1. The summed E-state index contributed by atoms with van der Waals surface area (Å²) in [6, 6.07) is 0.208. The van der Waals surface area contributed by atoms with E-state index in [0.717, 1.165) is 18.3 Å². The number of fused-ring (bicyclic) bond motifs is 1. The van der Waals surface area contributed by atoms with Gasteiger partial charge in [-0.05, 0) is 51.4 Å². The molecule has 16 heavy (non-hydrogen) atoms. The Morgan fingerprint density at radius 3 is 2.31 bits per heavy atom. The molecule has 4 heteroatoms. The van der Waals surface area contributed by atoms with Crippen LogP contribution in [0.15, 0.2) is 0 Å². The van der Waals surface area contributed by atoms with Gasteiger partial charge in [-0.15, -0.1) is 0 Å². The van der Waals surface area contributed by atoms with Crippen molar-refractivity contribution in [2.75, 3.05) is 0 Å². The Labute approximate surface area is 99.1 Å². The zero-order valence-electron chi connectivity index (χ0n) is 10.7. The molecule has 2 aliphatic rings. The van der Waals surface area contributed by atoms with Gasteiger partial charge >= 0.3 is 0 Å². The smallest absolute Gasteiger partial charge is 0.212 e. The van der Waals surface area contributed by atoms with Crippen LogP contribution >= 0.6 is 0 Å². The maximum absolute atomic E-state index is 12.1. The molecule has 3 nitrogen and oxygen atoms in total. The van der Waals surface area contributed by atoms with Crippen LogP contribution in [-0.2, 0) is 10.0 Å². The van der Waals surface area contributed by atoms with Gasteiger partial charge in [-0.1, -0.05) is 13.3 Å². The van der Waals surface area contributed by atoms with E-state index in [1.165, 1.54) is 12.8 Å². The third-order valence-electron chi connectivity index (χ3n) is 4.26. The summed E-state index contributed by atoms with van der Waals surface area (Å²) in [5, 5.41) is 0. The summed E-state index contributed by atoms with van der Waals surface area (Å²) in [4.78, 5) is 0. The van der Waals surface area contributed by atoms with Crippen LogP contribution < -0.4 is 4.72 Å². The Bertz CT molecular complexity index is 365. The number of hydrogen-bond donors (Lipinski definition) is 1. The summed E-state index contributed by atoms with van der Waals surface area (Å²) in [7, 11) is -3.17. The van der Waals surface area contributed by atoms with E-state index in [0.29, 0.717) is 5.92 Å². The van der Waals surface area contributed by atoms with Gasteiger partial charge < -0.3 is 0 Å². The molecule has 0 saturated heterocycles. The molecule has 0 heterocycles. The molecule has 0 aliphatic heterocycles. The van der Waals surface area contributed by atoms with Gasteiger partial charge in [0.15, 0.2) is 0 Å². The topological polar surface area (TPSA) is 46.2 Å². The standard InChI is InChI=1S/C12H23NO2S/c1-5-8-9-6-7-10(11(8)9)13-16(14,15)12(2,3)4/h8-11,13H,5-7H2,1-4H3/t8-,9-,10+,11+/m0/s1. The van der Waals surface area contributed by atoms with Gasteiger partial charge in [-0.2, -0.15) is 0 Å². The summed E-state index contributed by atoms with van der Waals surface area (Å²) in [6.07, 6.45) is 3.44. The molecule has 2 aliphatic carbocycles. The molecule has 0 spiro atoms. The Balaban J connectivity index is 2.02. The first-order chi connectivity index (χ1) is 7.28. The van der Waals surface area contributed by atoms with Crippen molar-refractivity contribution in [3.05, 3.63) is 0 Å². The second-order valence-electron chi connectivity index (χ2n) is 6.23. The van der Waals surface area contributed by atoms with Gasteiger partial charge in [0.2, 0.25) is 10.0 Å². The average molecular weight is 245 g/mol. The summed E-state index contributed by atoms with van der Waals surface area (Å²) >= 11 is 0. The lowest BCUT2D eigenvalue weighted by Crippen LogP contribution is -2.45. The molecule has 2 saturated carbocycles. The molecular formula is C12H23NO2S.